The number of carboxylic acid groups (broad SMARTS) is 1. The molecule has 0 saturated heterocycles. The Morgan fingerprint density at radius 3 is 2.78 bits per heavy atom. The molecule has 138 valence electrons. The minimum Gasteiger partial charge on any atom is -0.489 e. The Morgan fingerprint density at radius 2 is 2.04 bits per heavy atom. The Hall–Kier alpha value is -3.21. The SMILES string of the molecule is Cc1cc(OCc2ccccc2)cc2c1c1c(n2C)C(C(=O)O)=CNCC1. The molecular formula is C22H22N2O3. The lowest BCUT2D eigenvalue weighted by molar-refractivity contribution is -0.130. The van der Waals surface area contributed by atoms with Crippen LogP contribution in [0.4, 0.5) is 0 Å². The van der Waals surface area contributed by atoms with Crippen LogP contribution in [0.2, 0.25) is 0 Å². The average Bonchev–Trinajstić information content (AvgIpc) is 2.82. The highest BCUT2D eigenvalue weighted by molar-refractivity contribution is 6.17. The van der Waals surface area contributed by atoms with E-state index in [2.05, 4.69) is 12.2 Å². The van der Waals surface area contributed by atoms with Crippen LogP contribution in [0.15, 0.2) is 48.7 Å². The summed E-state index contributed by atoms with van der Waals surface area (Å²) in [6, 6.07) is 14.1. The predicted molar refractivity (Wildman–Crippen MR) is 106 cm³/mol. The lowest BCUT2D eigenvalue weighted by atomic mass is 10.0. The predicted octanol–water partition coefficient (Wildman–Crippen LogP) is 3.64. The Morgan fingerprint density at radius 1 is 1.26 bits per heavy atom. The third-order valence-electron chi connectivity index (χ3n) is 5.07. The minimum atomic E-state index is -0.922. The zero-order valence-electron chi connectivity index (χ0n) is 15.5. The van der Waals surface area contributed by atoms with Gasteiger partial charge in [-0.2, -0.15) is 0 Å². The van der Waals surface area contributed by atoms with Crippen molar-refractivity contribution in [2.75, 3.05) is 6.54 Å². The van der Waals surface area contributed by atoms with Crippen molar-refractivity contribution in [3.05, 3.63) is 71.0 Å². The molecule has 0 radical (unpaired) electrons. The second-order valence-corrected chi connectivity index (χ2v) is 6.86. The van der Waals surface area contributed by atoms with Crippen LogP contribution in [0.3, 0.4) is 0 Å². The third kappa shape index (κ3) is 3.05. The summed E-state index contributed by atoms with van der Waals surface area (Å²) >= 11 is 0. The van der Waals surface area contributed by atoms with Gasteiger partial charge < -0.3 is 19.7 Å². The quantitative estimate of drug-likeness (QED) is 0.744. The summed E-state index contributed by atoms with van der Waals surface area (Å²) in [4.78, 5) is 11.8. The molecule has 0 aliphatic carbocycles. The molecule has 2 N–H and O–H groups in total. The molecule has 0 unspecified atom stereocenters. The number of nitrogens with zero attached hydrogens (tertiary/aromatic N) is 1. The van der Waals surface area contributed by atoms with E-state index in [0.717, 1.165) is 45.5 Å². The highest BCUT2D eigenvalue weighted by Gasteiger charge is 2.25. The van der Waals surface area contributed by atoms with E-state index in [4.69, 9.17) is 4.74 Å². The van der Waals surface area contributed by atoms with Crippen LogP contribution in [-0.2, 0) is 24.9 Å². The van der Waals surface area contributed by atoms with Crippen LogP contribution in [0.25, 0.3) is 16.5 Å². The minimum absolute atomic E-state index is 0.298. The fourth-order valence-electron chi connectivity index (χ4n) is 3.85. The molecule has 0 bridgehead atoms. The maximum Gasteiger partial charge on any atom is 0.339 e. The number of carbonyl (C=O) groups is 1. The van der Waals surface area contributed by atoms with E-state index in [1.807, 2.05) is 54.1 Å². The Balaban J connectivity index is 1.79. The van der Waals surface area contributed by atoms with Crippen LogP contribution in [-0.4, -0.2) is 22.2 Å². The van der Waals surface area contributed by atoms with Gasteiger partial charge in [0.05, 0.1) is 16.8 Å². The monoisotopic (exact) mass is 362 g/mol. The number of hydrogen-bond acceptors (Lipinski definition) is 3. The zero-order valence-corrected chi connectivity index (χ0v) is 15.5. The summed E-state index contributed by atoms with van der Waals surface area (Å²) in [7, 11) is 1.92. The van der Waals surface area contributed by atoms with Crippen molar-refractivity contribution in [1.82, 2.24) is 9.88 Å². The Bertz CT molecular complexity index is 1050. The fraction of sp³-hybridized carbons (Fsp3) is 0.227. The van der Waals surface area contributed by atoms with Gasteiger partial charge in [0.25, 0.3) is 0 Å². The van der Waals surface area contributed by atoms with Crippen molar-refractivity contribution in [1.29, 1.82) is 0 Å². The second kappa shape index (κ2) is 6.83. The van der Waals surface area contributed by atoms with E-state index in [1.54, 1.807) is 6.20 Å². The van der Waals surface area contributed by atoms with Crippen molar-refractivity contribution in [3.8, 4) is 5.75 Å². The molecule has 0 amide bonds. The summed E-state index contributed by atoms with van der Waals surface area (Å²) in [5, 5.41) is 13.9. The Labute approximate surface area is 157 Å². The molecule has 4 rings (SSSR count). The second-order valence-electron chi connectivity index (χ2n) is 6.86. The highest BCUT2D eigenvalue weighted by Crippen LogP contribution is 2.36. The normalized spacial score (nSPS) is 13.5. The number of aliphatic carboxylic acids is 1. The summed E-state index contributed by atoms with van der Waals surface area (Å²) in [5.41, 5.74) is 5.35. The molecule has 2 aromatic carbocycles. The van der Waals surface area contributed by atoms with E-state index >= 15 is 0 Å². The van der Waals surface area contributed by atoms with Gasteiger partial charge in [-0.1, -0.05) is 30.3 Å². The molecule has 27 heavy (non-hydrogen) atoms. The number of ether oxygens (including phenoxy) is 1. The van der Waals surface area contributed by atoms with Crippen molar-refractivity contribution in [2.45, 2.75) is 20.0 Å². The number of carboxylic acids is 1. The first-order chi connectivity index (χ1) is 13.1. The van der Waals surface area contributed by atoms with Crippen LogP contribution in [0.1, 0.15) is 22.4 Å². The fourth-order valence-corrected chi connectivity index (χ4v) is 3.85. The maximum atomic E-state index is 11.8. The number of aryl methyl sites for hydroxylation is 2. The Kier molecular flexibility index (Phi) is 4.36. The van der Waals surface area contributed by atoms with Gasteiger partial charge in [0.1, 0.15) is 12.4 Å². The summed E-state index contributed by atoms with van der Waals surface area (Å²) in [5.74, 6) is -0.131. The smallest absolute Gasteiger partial charge is 0.339 e. The largest absolute Gasteiger partial charge is 0.489 e. The van der Waals surface area contributed by atoms with Gasteiger partial charge in [0, 0.05) is 31.2 Å². The van der Waals surface area contributed by atoms with Gasteiger partial charge in [-0.3, -0.25) is 0 Å². The maximum absolute atomic E-state index is 11.8. The molecular weight excluding hydrogens is 340 g/mol. The number of aromatic nitrogens is 1. The molecule has 0 fully saturated rings. The molecule has 5 heteroatoms. The van der Waals surface area contributed by atoms with Crippen LogP contribution < -0.4 is 10.1 Å². The van der Waals surface area contributed by atoms with Crippen molar-refractivity contribution >= 4 is 22.4 Å². The molecule has 1 aromatic heterocycles. The van der Waals surface area contributed by atoms with Gasteiger partial charge in [-0.25, -0.2) is 4.79 Å². The van der Waals surface area contributed by atoms with Gasteiger partial charge in [-0.05, 0) is 36.1 Å². The highest BCUT2D eigenvalue weighted by atomic mass is 16.5. The molecule has 1 aliphatic heterocycles. The summed E-state index contributed by atoms with van der Waals surface area (Å²) in [6.07, 6.45) is 2.39. The number of nitrogens with one attached hydrogen (secondary N) is 1. The number of hydrogen-bond donors (Lipinski definition) is 2. The lowest BCUT2D eigenvalue weighted by Crippen LogP contribution is -2.09. The first-order valence-corrected chi connectivity index (χ1v) is 9.02. The molecule has 0 spiro atoms. The molecule has 2 heterocycles. The molecule has 5 nitrogen and oxygen atoms in total. The zero-order chi connectivity index (χ0) is 19.0. The van der Waals surface area contributed by atoms with E-state index in [9.17, 15) is 9.90 Å². The van der Waals surface area contributed by atoms with E-state index in [-0.39, 0.29) is 0 Å². The van der Waals surface area contributed by atoms with Gasteiger partial charge in [0.2, 0.25) is 0 Å². The summed E-state index contributed by atoms with van der Waals surface area (Å²) < 4.78 is 7.98. The van der Waals surface area contributed by atoms with Crippen molar-refractivity contribution in [3.63, 3.8) is 0 Å². The number of rotatable bonds is 4. The first kappa shape index (κ1) is 17.2. The molecule has 1 aliphatic rings. The lowest BCUT2D eigenvalue weighted by Gasteiger charge is -2.10. The van der Waals surface area contributed by atoms with Crippen molar-refractivity contribution in [2.24, 2.45) is 7.05 Å². The van der Waals surface area contributed by atoms with Crippen LogP contribution >= 0.6 is 0 Å². The number of fused-ring (bicyclic) bond motifs is 3. The molecule has 0 saturated carbocycles. The standard InChI is InChI=1S/C22H22N2O3/c1-14-10-16(27-13-15-6-4-3-5-7-15)11-19-20(14)17-8-9-23-12-18(22(25)26)21(17)24(19)2/h3-7,10-12,23H,8-9,13H2,1-2H3,(H,25,26). The topological polar surface area (TPSA) is 63.5 Å². The molecule has 3 aromatic rings. The average molecular weight is 362 g/mol. The van der Waals surface area contributed by atoms with Gasteiger partial charge in [-0.15, -0.1) is 0 Å². The first-order valence-electron chi connectivity index (χ1n) is 9.02. The van der Waals surface area contributed by atoms with E-state index in [1.165, 1.54) is 0 Å². The van der Waals surface area contributed by atoms with Crippen LogP contribution in [0, 0.1) is 6.92 Å². The van der Waals surface area contributed by atoms with E-state index in [0.29, 0.717) is 18.7 Å². The number of benzene rings is 2. The summed E-state index contributed by atoms with van der Waals surface area (Å²) in [6.45, 7) is 3.27. The van der Waals surface area contributed by atoms with Crippen molar-refractivity contribution < 1.29 is 14.6 Å². The van der Waals surface area contributed by atoms with Gasteiger partial charge >= 0.3 is 5.97 Å². The third-order valence-corrected chi connectivity index (χ3v) is 5.07. The van der Waals surface area contributed by atoms with Crippen LogP contribution in [0.5, 0.6) is 5.75 Å². The van der Waals surface area contributed by atoms with E-state index < -0.39 is 5.97 Å². The van der Waals surface area contributed by atoms with Gasteiger partial charge in [0.15, 0.2) is 0 Å². The molecule has 0 atom stereocenters.